The molecule has 0 unspecified atom stereocenters. The van der Waals surface area contributed by atoms with Gasteiger partial charge in [0.05, 0.1) is 12.2 Å². The molecule has 2 rings (SSSR count). The molecule has 0 aliphatic heterocycles. The molecule has 2 aromatic rings. The molecular formula is C15H14BrIN2O2. The van der Waals surface area contributed by atoms with E-state index < -0.39 is 0 Å². The Hall–Kier alpha value is -1.15. The number of carbonyl (C=O) groups is 1. The Balaban J connectivity index is 2.09. The second-order valence-corrected chi connectivity index (χ2v) is 6.29. The largest absolute Gasteiger partial charge is 0.478 e. The predicted molar refractivity (Wildman–Crippen MR) is 93.4 cm³/mol. The van der Waals surface area contributed by atoms with Crippen LogP contribution in [0.15, 0.2) is 41.0 Å². The summed E-state index contributed by atoms with van der Waals surface area (Å²) >= 11 is 5.53. The molecule has 0 saturated heterocycles. The fourth-order valence-electron chi connectivity index (χ4n) is 1.77. The highest BCUT2D eigenvalue weighted by Gasteiger charge is 2.11. The number of hydrogen-bond acceptors (Lipinski definition) is 3. The van der Waals surface area contributed by atoms with Gasteiger partial charge >= 0.3 is 0 Å². The van der Waals surface area contributed by atoms with E-state index in [2.05, 4.69) is 48.8 Å². The summed E-state index contributed by atoms with van der Waals surface area (Å²) in [5.74, 6) is 0.441. The molecule has 0 aliphatic carbocycles. The molecule has 110 valence electrons. The van der Waals surface area contributed by atoms with Crippen LogP contribution in [0.2, 0.25) is 0 Å². The van der Waals surface area contributed by atoms with Gasteiger partial charge in [0.1, 0.15) is 0 Å². The molecule has 6 heteroatoms. The molecule has 1 aromatic carbocycles. The molecule has 0 bridgehead atoms. The van der Waals surface area contributed by atoms with E-state index in [0.29, 0.717) is 24.6 Å². The molecule has 1 heterocycles. The number of amides is 1. The van der Waals surface area contributed by atoms with Gasteiger partial charge in [-0.1, -0.05) is 22.0 Å². The summed E-state index contributed by atoms with van der Waals surface area (Å²) in [7, 11) is 0. The molecule has 0 spiro atoms. The van der Waals surface area contributed by atoms with E-state index in [-0.39, 0.29) is 5.91 Å². The van der Waals surface area contributed by atoms with Crippen LogP contribution in [0.5, 0.6) is 5.88 Å². The second kappa shape index (κ2) is 7.74. The summed E-state index contributed by atoms with van der Waals surface area (Å²) in [6.07, 6.45) is 1.67. The Kier molecular flexibility index (Phi) is 5.98. The van der Waals surface area contributed by atoms with Crippen molar-refractivity contribution in [3.8, 4) is 5.88 Å². The van der Waals surface area contributed by atoms with Gasteiger partial charge in [-0.2, -0.15) is 0 Å². The minimum absolute atomic E-state index is 0.119. The molecule has 1 amide bonds. The van der Waals surface area contributed by atoms with Gasteiger partial charge in [0, 0.05) is 26.3 Å². The smallest absolute Gasteiger partial charge is 0.252 e. The Morgan fingerprint density at radius 2 is 2.24 bits per heavy atom. The van der Waals surface area contributed by atoms with Gasteiger partial charge in [-0.3, -0.25) is 4.79 Å². The molecule has 1 N–H and O–H groups in total. The topological polar surface area (TPSA) is 51.2 Å². The van der Waals surface area contributed by atoms with Crippen molar-refractivity contribution >= 4 is 44.4 Å². The standard InChI is InChI=1S/C15H14BrIN2O2/c1-2-21-15-10(4-3-7-18-15)9-19-14(20)12-8-11(16)5-6-13(12)17/h3-8H,2,9H2,1H3,(H,19,20). The number of ether oxygens (including phenoxy) is 1. The fraction of sp³-hybridized carbons (Fsp3) is 0.200. The Labute approximate surface area is 145 Å². The molecule has 0 atom stereocenters. The Morgan fingerprint density at radius 3 is 3.00 bits per heavy atom. The molecule has 0 fully saturated rings. The highest BCUT2D eigenvalue weighted by atomic mass is 127. The summed E-state index contributed by atoms with van der Waals surface area (Å²) in [6.45, 7) is 2.83. The molecule has 0 aliphatic rings. The lowest BCUT2D eigenvalue weighted by Gasteiger charge is -2.10. The number of halogens is 2. The summed E-state index contributed by atoms with van der Waals surface area (Å²) in [6, 6.07) is 9.34. The van der Waals surface area contributed by atoms with E-state index in [1.54, 1.807) is 6.20 Å². The normalized spacial score (nSPS) is 10.2. The molecule has 0 saturated carbocycles. The lowest BCUT2D eigenvalue weighted by molar-refractivity contribution is 0.0949. The summed E-state index contributed by atoms with van der Waals surface area (Å²) in [4.78, 5) is 16.4. The van der Waals surface area contributed by atoms with Crippen LogP contribution in [0.3, 0.4) is 0 Å². The zero-order valence-electron chi connectivity index (χ0n) is 11.4. The van der Waals surface area contributed by atoms with Crippen LogP contribution in [-0.4, -0.2) is 17.5 Å². The zero-order chi connectivity index (χ0) is 15.2. The maximum atomic E-state index is 12.3. The Bertz CT molecular complexity index is 649. The van der Waals surface area contributed by atoms with E-state index in [0.717, 1.165) is 13.6 Å². The van der Waals surface area contributed by atoms with Crippen molar-refractivity contribution in [3.05, 3.63) is 55.7 Å². The third-order valence-corrected chi connectivity index (χ3v) is 4.18. The van der Waals surface area contributed by atoms with Gasteiger partial charge < -0.3 is 10.1 Å². The molecule has 21 heavy (non-hydrogen) atoms. The zero-order valence-corrected chi connectivity index (χ0v) is 15.1. The lowest BCUT2D eigenvalue weighted by atomic mass is 10.2. The SMILES string of the molecule is CCOc1ncccc1CNC(=O)c1cc(Br)ccc1I. The van der Waals surface area contributed by atoms with Gasteiger partial charge in [0.25, 0.3) is 5.91 Å². The van der Waals surface area contributed by atoms with Crippen molar-refractivity contribution in [2.24, 2.45) is 0 Å². The van der Waals surface area contributed by atoms with Crippen molar-refractivity contribution in [3.63, 3.8) is 0 Å². The predicted octanol–water partition coefficient (Wildman–Crippen LogP) is 3.78. The quantitative estimate of drug-likeness (QED) is 0.691. The monoisotopic (exact) mass is 460 g/mol. The first-order valence-electron chi connectivity index (χ1n) is 6.41. The third kappa shape index (κ3) is 4.41. The number of aromatic nitrogens is 1. The van der Waals surface area contributed by atoms with Gasteiger partial charge in [-0.05, 0) is 53.8 Å². The number of carbonyl (C=O) groups excluding carboxylic acids is 1. The number of hydrogen-bond donors (Lipinski definition) is 1. The van der Waals surface area contributed by atoms with Crippen molar-refractivity contribution in [2.75, 3.05) is 6.61 Å². The van der Waals surface area contributed by atoms with Crippen molar-refractivity contribution in [1.82, 2.24) is 10.3 Å². The van der Waals surface area contributed by atoms with Crippen LogP contribution < -0.4 is 10.1 Å². The molecular weight excluding hydrogens is 447 g/mol. The maximum Gasteiger partial charge on any atom is 0.252 e. The number of benzene rings is 1. The minimum atomic E-state index is -0.119. The number of nitrogens with zero attached hydrogens (tertiary/aromatic N) is 1. The highest BCUT2D eigenvalue weighted by Crippen LogP contribution is 2.19. The average Bonchev–Trinajstić information content (AvgIpc) is 2.49. The minimum Gasteiger partial charge on any atom is -0.478 e. The summed E-state index contributed by atoms with van der Waals surface area (Å²) in [5.41, 5.74) is 1.50. The molecule has 0 radical (unpaired) electrons. The van der Waals surface area contributed by atoms with Gasteiger partial charge in [0.15, 0.2) is 0 Å². The number of rotatable bonds is 5. The van der Waals surface area contributed by atoms with Crippen LogP contribution in [0.1, 0.15) is 22.8 Å². The van der Waals surface area contributed by atoms with E-state index in [1.165, 1.54) is 0 Å². The maximum absolute atomic E-state index is 12.3. The van der Waals surface area contributed by atoms with Crippen LogP contribution in [-0.2, 0) is 6.54 Å². The van der Waals surface area contributed by atoms with E-state index in [1.807, 2.05) is 37.3 Å². The molecule has 4 nitrogen and oxygen atoms in total. The highest BCUT2D eigenvalue weighted by molar-refractivity contribution is 14.1. The van der Waals surface area contributed by atoms with E-state index in [9.17, 15) is 4.79 Å². The van der Waals surface area contributed by atoms with Gasteiger partial charge in [0.2, 0.25) is 5.88 Å². The van der Waals surface area contributed by atoms with Crippen LogP contribution >= 0.6 is 38.5 Å². The second-order valence-electron chi connectivity index (χ2n) is 4.21. The lowest BCUT2D eigenvalue weighted by Crippen LogP contribution is -2.24. The fourth-order valence-corrected chi connectivity index (χ4v) is 2.71. The Morgan fingerprint density at radius 1 is 1.43 bits per heavy atom. The van der Waals surface area contributed by atoms with E-state index in [4.69, 9.17) is 4.74 Å². The van der Waals surface area contributed by atoms with Crippen LogP contribution in [0, 0.1) is 3.57 Å². The first-order valence-corrected chi connectivity index (χ1v) is 8.29. The van der Waals surface area contributed by atoms with Crippen LogP contribution in [0.4, 0.5) is 0 Å². The average molecular weight is 461 g/mol. The third-order valence-electron chi connectivity index (χ3n) is 2.74. The molecule has 1 aromatic heterocycles. The van der Waals surface area contributed by atoms with E-state index >= 15 is 0 Å². The summed E-state index contributed by atoms with van der Waals surface area (Å²) in [5, 5.41) is 2.90. The van der Waals surface area contributed by atoms with Crippen molar-refractivity contribution in [1.29, 1.82) is 0 Å². The number of pyridine rings is 1. The van der Waals surface area contributed by atoms with Gasteiger partial charge in [-0.25, -0.2) is 4.98 Å². The van der Waals surface area contributed by atoms with Crippen molar-refractivity contribution in [2.45, 2.75) is 13.5 Å². The first kappa shape index (κ1) is 16.2. The first-order chi connectivity index (χ1) is 10.1. The van der Waals surface area contributed by atoms with Crippen LogP contribution in [0.25, 0.3) is 0 Å². The number of nitrogens with one attached hydrogen (secondary N) is 1. The van der Waals surface area contributed by atoms with Crippen molar-refractivity contribution < 1.29 is 9.53 Å². The summed E-state index contributed by atoms with van der Waals surface area (Å²) < 4.78 is 7.23. The van der Waals surface area contributed by atoms with Gasteiger partial charge in [-0.15, -0.1) is 0 Å².